The van der Waals surface area contributed by atoms with Crippen molar-refractivity contribution in [3.05, 3.63) is 83.0 Å². The van der Waals surface area contributed by atoms with Crippen molar-refractivity contribution in [2.24, 2.45) is 0 Å². The molecule has 1 atom stereocenters. The molecule has 8 heteroatoms. The molecule has 1 aromatic heterocycles. The molecule has 0 unspecified atom stereocenters. The van der Waals surface area contributed by atoms with Crippen molar-refractivity contribution >= 4 is 23.7 Å². The molecule has 2 aromatic carbocycles. The number of esters is 2. The fourth-order valence-corrected chi connectivity index (χ4v) is 3.59. The van der Waals surface area contributed by atoms with Crippen molar-refractivity contribution in [1.82, 2.24) is 9.78 Å². The van der Waals surface area contributed by atoms with Gasteiger partial charge in [-0.15, -0.1) is 0 Å². The Morgan fingerprint density at radius 1 is 1.19 bits per heavy atom. The highest BCUT2D eigenvalue weighted by Gasteiger charge is 2.28. The van der Waals surface area contributed by atoms with E-state index in [-0.39, 0.29) is 11.6 Å². The Morgan fingerprint density at radius 3 is 2.72 bits per heavy atom. The van der Waals surface area contributed by atoms with E-state index >= 15 is 0 Å². The number of benzene rings is 2. The number of nitrogens with zero attached hydrogens (tertiary/aromatic N) is 2. The van der Waals surface area contributed by atoms with E-state index in [0.717, 1.165) is 5.56 Å². The van der Waals surface area contributed by atoms with Crippen LogP contribution in [0, 0.1) is 0 Å². The quantitative estimate of drug-likeness (QED) is 0.595. The lowest BCUT2D eigenvalue weighted by molar-refractivity contribution is -0.119. The van der Waals surface area contributed by atoms with Gasteiger partial charge in [-0.05, 0) is 43.2 Å². The molecular formula is C24H23N3O5. The van der Waals surface area contributed by atoms with Crippen molar-refractivity contribution < 1.29 is 23.9 Å². The van der Waals surface area contributed by atoms with Crippen LogP contribution in [0.3, 0.4) is 0 Å². The minimum atomic E-state index is -0.643. The summed E-state index contributed by atoms with van der Waals surface area (Å²) in [4.78, 5) is 37.1. The number of carbonyl (C=O) groups is 3. The van der Waals surface area contributed by atoms with E-state index in [1.165, 1.54) is 6.07 Å². The van der Waals surface area contributed by atoms with Crippen molar-refractivity contribution in [3.63, 3.8) is 0 Å². The normalized spacial score (nSPS) is 15.1. The van der Waals surface area contributed by atoms with Crippen LogP contribution in [-0.2, 0) is 20.7 Å². The largest absolute Gasteiger partial charge is 0.454 e. The predicted octanol–water partition coefficient (Wildman–Crippen LogP) is 3.71. The molecule has 3 aromatic rings. The molecular weight excluding hydrogens is 410 g/mol. The number of cyclic esters (lactones) is 1. The molecule has 1 aliphatic rings. The smallest absolute Gasteiger partial charge is 0.339 e. The second-order valence-electron chi connectivity index (χ2n) is 7.76. The van der Waals surface area contributed by atoms with Crippen LogP contribution in [-0.4, -0.2) is 34.2 Å². The van der Waals surface area contributed by atoms with E-state index in [0.29, 0.717) is 23.4 Å². The Kier molecular flexibility index (Phi) is 6.02. The number of fused-ring (bicyclic) bond motifs is 1. The van der Waals surface area contributed by atoms with E-state index in [9.17, 15) is 14.4 Å². The van der Waals surface area contributed by atoms with Gasteiger partial charge in [0.2, 0.25) is 0 Å². The van der Waals surface area contributed by atoms with Gasteiger partial charge in [0.15, 0.2) is 6.61 Å². The second-order valence-corrected chi connectivity index (χ2v) is 7.76. The van der Waals surface area contributed by atoms with Crippen molar-refractivity contribution in [3.8, 4) is 0 Å². The summed E-state index contributed by atoms with van der Waals surface area (Å²) in [5, 5.41) is 6.82. The molecule has 1 aliphatic heterocycles. The first-order valence-electron chi connectivity index (χ1n) is 10.3. The number of ether oxygens (including phenoxy) is 2. The highest BCUT2D eigenvalue weighted by atomic mass is 16.5. The molecule has 1 N–H and O–H groups in total. The third kappa shape index (κ3) is 4.54. The summed E-state index contributed by atoms with van der Waals surface area (Å²) < 4.78 is 12.4. The van der Waals surface area contributed by atoms with Gasteiger partial charge < -0.3 is 14.8 Å². The summed E-state index contributed by atoms with van der Waals surface area (Å²) in [7, 11) is 0. The van der Waals surface area contributed by atoms with Crippen LogP contribution in [0.4, 0.5) is 5.82 Å². The molecule has 0 aliphatic carbocycles. The van der Waals surface area contributed by atoms with Crippen molar-refractivity contribution in [2.75, 3.05) is 11.9 Å². The number of hydrogen-bond acceptors (Lipinski definition) is 6. The first-order valence-corrected chi connectivity index (χ1v) is 10.3. The minimum absolute atomic E-state index is 0.0738. The average molecular weight is 433 g/mol. The van der Waals surface area contributed by atoms with E-state index in [1.54, 1.807) is 29.1 Å². The number of anilines is 1. The van der Waals surface area contributed by atoms with Crippen LogP contribution in [0.25, 0.3) is 0 Å². The molecule has 8 nitrogen and oxygen atoms in total. The number of nitrogens with one attached hydrogen (secondary N) is 1. The van der Waals surface area contributed by atoms with Gasteiger partial charge in [-0.2, -0.15) is 5.10 Å². The third-order valence-corrected chi connectivity index (χ3v) is 5.15. The van der Waals surface area contributed by atoms with Gasteiger partial charge in [0.25, 0.3) is 5.91 Å². The fourth-order valence-electron chi connectivity index (χ4n) is 3.59. The van der Waals surface area contributed by atoms with E-state index < -0.39 is 30.6 Å². The molecule has 1 amide bonds. The number of amides is 1. The molecule has 4 rings (SSSR count). The summed E-state index contributed by atoms with van der Waals surface area (Å²) in [6, 6.07) is 15.9. The van der Waals surface area contributed by atoms with Crippen LogP contribution in [0.2, 0.25) is 0 Å². The molecule has 0 saturated carbocycles. The molecule has 0 bridgehead atoms. The second kappa shape index (κ2) is 9.05. The molecule has 0 fully saturated rings. The minimum Gasteiger partial charge on any atom is -0.454 e. The van der Waals surface area contributed by atoms with Gasteiger partial charge in [-0.25, -0.2) is 14.3 Å². The Labute approximate surface area is 185 Å². The standard InChI is InChI=1S/C24H23N3O5/c1-15(2)27-21(10-11-25-27)26-22(28)14-31-23(29)17-8-9-19-18(12-17)13-20(32-24(19)30)16-6-4-3-5-7-16/h3-12,15,20H,13-14H2,1-2H3,(H,26,28)/t20-/m1/s1. The van der Waals surface area contributed by atoms with Gasteiger partial charge >= 0.3 is 11.9 Å². The van der Waals surface area contributed by atoms with Crippen LogP contribution >= 0.6 is 0 Å². The maximum absolute atomic E-state index is 12.5. The van der Waals surface area contributed by atoms with Gasteiger partial charge in [0, 0.05) is 18.5 Å². The van der Waals surface area contributed by atoms with Gasteiger partial charge in [0.05, 0.1) is 17.3 Å². The number of hydrogen-bond donors (Lipinski definition) is 1. The van der Waals surface area contributed by atoms with E-state index in [1.807, 2.05) is 44.2 Å². The highest BCUT2D eigenvalue weighted by Crippen LogP contribution is 2.31. The molecule has 0 spiro atoms. The third-order valence-electron chi connectivity index (χ3n) is 5.15. The SMILES string of the molecule is CC(C)n1nccc1NC(=O)COC(=O)c1ccc2c(c1)C[C@H](c1ccccc1)OC2=O. The lowest BCUT2D eigenvalue weighted by atomic mass is 9.93. The summed E-state index contributed by atoms with van der Waals surface area (Å²) in [5.74, 6) is -1.01. The maximum atomic E-state index is 12.5. The van der Waals surface area contributed by atoms with Crippen molar-refractivity contribution in [2.45, 2.75) is 32.4 Å². The highest BCUT2D eigenvalue weighted by molar-refractivity contribution is 5.97. The number of carbonyl (C=O) groups excluding carboxylic acids is 3. The van der Waals surface area contributed by atoms with E-state index in [4.69, 9.17) is 9.47 Å². The zero-order chi connectivity index (χ0) is 22.7. The van der Waals surface area contributed by atoms with E-state index in [2.05, 4.69) is 10.4 Å². The first-order chi connectivity index (χ1) is 15.4. The number of rotatable bonds is 6. The summed E-state index contributed by atoms with van der Waals surface area (Å²) >= 11 is 0. The Bertz CT molecular complexity index is 1150. The van der Waals surface area contributed by atoms with Crippen molar-refractivity contribution in [1.29, 1.82) is 0 Å². The van der Waals surface area contributed by atoms with Gasteiger partial charge in [-0.1, -0.05) is 30.3 Å². The summed E-state index contributed by atoms with van der Waals surface area (Å²) in [6.45, 7) is 3.45. The topological polar surface area (TPSA) is 99.5 Å². The average Bonchev–Trinajstić information content (AvgIpc) is 3.26. The first kappa shape index (κ1) is 21.3. The zero-order valence-electron chi connectivity index (χ0n) is 17.8. The summed E-state index contributed by atoms with van der Waals surface area (Å²) in [5.41, 5.74) is 2.28. The fraction of sp³-hybridized carbons (Fsp3) is 0.250. The Balaban J connectivity index is 1.41. The molecule has 2 heterocycles. The molecule has 0 saturated heterocycles. The van der Waals surface area contributed by atoms with Crippen LogP contribution in [0.5, 0.6) is 0 Å². The Morgan fingerprint density at radius 2 is 1.97 bits per heavy atom. The van der Waals surface area contributed by atoms with Crippen LogP contribution < -0.4 is 5.32 Å². The Hall–Kier alpha value is -3.94. The monoisotopic (exact) mass is 433 g/mol. The summed E-state index contributed by atoms with van der Waals surface area (Å²) in [6.07, 6.45) is 1.62. The van der Waals surface area contributed by atoms with Crippen LogP contribution in [0.1, 0.15) is 57.8 Å². The lowest BCUT2D eigenvalue weighted by Crippen LogP contribution is -2.24. The number of aromatic nitrogens is 2. The van der Waals surface area contributed by atoms with Gasteiger partial charge in [-0.3, -0.25) is 4.79 Å². The molecule has 164 valence electrons. The molecule has 0 radical (unpaired) electrons. The zero-order valence-corrected chi connectivity index (χ0v) is 17.8. The maximum Gasteiger partial charge on any atom is 0.339 e. The molecule has 32 heavy (non-hydrogen) atoms. The van der Waals surface area contributed by atoms with Crippen LogP contribution in [0.15, 0.2) is 60.8 Å². The van der Waals surface area contributed by atoms with Gasteiger partial charge in [0.1, 0.15) is 11.9 Å². The predicted molar refractivity (Wildman–Crippen MR) is 116 cm³/mol. The lowest BCUT2D eigenvalue weighted by Gasteiger charge is -2.25.